The molecule has 3 nitrogen and oxygen atoms in total. The number of nitrogens with zero attached hydrogens (tertiary/aromatic N) is 2. The number of aromatic nitrogens is 2. The van der Waals surface area contributed by atoms with Gasteiger partial charge in [-0.1, -0.05) is 0 Å². The summed E-state index contributed by atoms with van der Waals surface area (Å²) in [6.45, 7) is 0. The third-order valence-electron chi connectivity index (χ3n) is 1.31. The molecule has 0 N–H and O–H groups in total. The van der Waals surface area contributed by atoms with Gasteiger partial charge in [-0.3, -0.25) is 0 Å². The van der Waals surface area contributed by atoms with Crippen LogP contribution in [0.1, 0.15) is 0 Å². The lowest BCUT2D eigenvalue weighted by Gasteiger charge is -1.91. The molecule has 2 aromatic rings. The summed E-state index contributed by atoms with van der Waals surface area (Å²) >= 11 is 6.70. The predicted molar refractivity (Wildman–Crippen MR) is 47.2 cm³/mol. The minimum Gasteiger partial charge on any atom is -0.337 e. The van der Waals surface area contributed by atoms with Crippen molar-refractivity contribution in [3.8, 4) is 0 Å². The lowest BCUT2D eigenvalue weighted by atomic mass is 10.3. The standard InChI is InChI=1S/C6H2Br2N2O/c7-3-1-2-4-6(5(3)8)9-10-11-4/h1-2H. The summed E-state index contributed by atoms with van der Waals surface area (Å²) in [4.78, 5) is 0. The van der Waals surface area contributed by atoms with E-state index in [2.05, 4.69) is 42.2 Å². The zero-order valence-electron chi connectivity index (χ0n) is 5.21. The van der Waals surface area contributed by atoms with Crippen molar-refractivity contribution in [3.05, 3.63) is 21.1 Å². The monoisotopic (exact) mass is 276 g/mol. The smallest absolute Gasteiger partial charge is 0.188 e. The summed E-state index contributed by atoms with van der Waals surface area (Å²) in [5.74, 6) is 0. The first-order chi connectivity index (χ1) is 5.29. The zero-order chi connectivity index (χ0) is 7.84. The SMILES string of the molecule is Brc1ccc2onnc2c1Br. The molecule has 0 spiro atoms. The Morgan fingerprint density at radius 1 is 1.27 bits per heavy atom. The highest BCUT2D eigenvalue weighted by atomic mass is 79.9. The third-order valence-corrected chi connectivity index (χ3v) is 3.31. The molecule has 0 aliphatic carbocycles. The molecular weight excluding hydrogens is 276 g/mol. The fourth-order valence-corrected chi connectivity index (χ4v) is 1.52. The minimum absolute atomic E-state index is 0.681. The maximum absolute atomic E-state index is 4.84. The maximum atomic E-state index is 4.84. The molecule has 0 bridgehead atoms. The van der Waals surface area contributed by atoms with Gasteiger partial charge in [-0.15, -0.1) is 5.10 Å². The molecule has 11 heavy (non-hydrogen) atoms. The summed E-state index contributed by atoms with van der Waals surface area (Å²) in [6.07, 6.45) is 0. The number of benzene rings is 1. The Balaban J connectivity index is 2.93. The highest BCUT2D eigenvalue weighted by Gasteiger charge is 2.06. The topological polar surface area (TPSA) is 38.9 Å². The van der Waals surface area contributed by atoms with Crippen LogP contribution in [0.25, 0.3) is 11.1 Å². The first-order valence-electron chi connectivity index (χ1n) is 2.85. The Morgan fingerprint density at radius 2 is 2.09 bits per heavy atom. The number of hydrogen-bond donors (Lipinski definition) is 0. The molecule has 0 aliphatic heterocycles. The number of hydrogen-bond acceptors (Lipinski definition) is 3. The Hall–Kier alpha value is -0.420. The number of rotatable bonds is 0. The van der Waals surface area contributed by atoms with Gasteiger partial charge >= 0.3 is 0 Å². The minimum atomic E-state index is 0.681. The molecule has 0 saturated heterocycles. The van der Waals surface area contributed by atoms with Crippen molar-refractivity contribution in [2.45, 2.75) is 0 Å². The molecule has 0 radical (unpaired) electrons. The second-order valence-electron chi connectivity index (χ2n) is 1.98. The Morgan fingerprint density at radius 3 is 2.91 bits per heavy atom. The molecular formula is C6H2Br2N2O. The van der Waals surface area contributed by atoms with Crippen molar-refractivity contribution in [1.82, 2.24) is 10.4 Å². The van der Waals surface area contributed by atoms with Crippen LogP contribution in [0, 0.1) is 0 Å². The molecule has 0 unspecified atom stereocenters. The van der Waals surface area contributed by atoms with Gasteiger partial charge in [-0.05, 0) is 44.0 Å². The second kappa shape index (κ2) is 2.57. The molecule has 56 valence electrons. The van der Waals surface area contributed by atoms with Crippen LogP contribution in [0.5, 0.6) is 0 Å². The summed E-state index contributed by atoms with van der Waals surface area (Å²) in [5.41, 5.74) is 1.42. The van der Waals surface area contributed by atoms with Gasteiger partial charge in [-0.2, -0.15) is 0 Å². The summed E-state index contributed by atoms with van der Waals surface area (Å²) in [7, 11) is 0. The fraction of sp³-hybridized carbons (Fsp3) is 0. The maximum Gasteiger partial charge on any atom is 0.188 e. The quantitative estimate of drug-likeness (QED) is 0.743. The van der Waals surface area contributed by atoms with Crippen LogP contribution in [0.15, 0.2) is 25.6 Å². The van der Waals surface area contributed by atoms with Crippen LogP contribution in [-0.4, -0.2) is 10.4 Å². The van der Waals surface area contributed by atoms with Gasteiger partial charge in [0.15, 0.2) is 5.58 Å². The van der Waals surface area contributed by atoms with Gasteiger partial charge in [0.1, 0.15) is 5.52 Å². The van der Waals surface area contributed by atoms with Crippen LogP contribution < -0.4 is 0 Å². The van der Waals surface area contributed by atoms with Crippen LogP contribution in [0.4, 0.5) is 0 Å². The molecule has 1 heterocycles. The average molecular weight is 278 g/mol. The molecule has 5 heteroatoms. The molecule has 1 aromatic carbocycles. The summed E-state index contributed by atoms with van der Waals surface area (Å²) in [6, 6.07) is 3.68. The van der Waals surface area contributed by atoms with Crippen molar-refractivity contribution in [2.75, 3.05) is 0 Å². The molecule has 0 aliphatic rings. The van der Waals surface area contributed by atoms with E-state index in [4.69, 9.17) is 4.52 Å². The molecule has 0 fully saturated rings. The van der Waals surface area contributed by atoms with E-state index < -0.39 is 0 Å². The number of fused-ring (bicyclic) bond motifs is 1. The van der Waals surface area contributed by atoms with Crippen molar-refractivity contribution < 1.29 is 4.52 Å². The summed E-state index contributed by atoms with van der Waals surface area (Å²) in [5, 5.41) is 7.21. The molecule has 2 rings (SSSR count). The Kier molecular flexibility index (Phi) is 1.69. The van der Waals surface area contributed by atoms with Crippen LogP contribution >= 0.6 is 31.9 Å². The van der Waals surface area contributed by atoms with E-state index in [9.17, 15) is 0 Å². The van der Waals surface area contributed by atoms with Gasteiger partial charge < -0.3 is 4.52 Å². The van der Waals surface area contributed by atoms with E-state index in [-0.39, 0.29) is 0 Å². The first-order valence-corrected chi connectivity index (χ1v) is 4.43. The largest absolute Gasteiger partial charge is 0.337 e. The molecule has 0 atom stereocenters. The molecule has 0 saturated carbocycles. The molecule has 0 amide bonds. The van der Waals surface area contributed by atoms with Crippen molar-refractivity contribution in [2.24, 2.45) is 0 Å². The van der Waals surface area contributed by atoms with Crippen LogP contribution in [0.3, 0.4) is 0 Å². The van der Waals surface area contributed by atoms with Crippen molar-refractivity contribution >= 4 is 43.0 Å². The van der Waals surface area contributed by atoms with E-state index >= 15 is 0 Å². The van der Waals surface area contributed by atoms with Gasteiger partial charge in [-0.25, -0.2) is 0 Å². The van der Waals surface area contributed by atoms with E-state index in [0.717, 1.165) is 14.5 Å². The Labute approximate surface area is 79.0 Å². The highest BCUT2D eigenvalue weighted by molar-refractivity contribution is 9.13. The highest BCUT2D eigenvalue weighted by Crippen LogP contribution is 2.29. The third kappa shape index (κ3) is 1.08. The summed E-state index contributed by atoms with van der Waals surface area (Å²) < 4.78 is 6.66. The average Bonchev–Trinajstić information content (AvgIpc) is 2.45. The van der Waals surface area contributed by atoms with Crippen LogP contribution in [0.2, 0.25) is 0 Å². The van der Waals surface area contributed by atoms with Crippen molar-refractivity contribution in [3.63, 3.8) is 0 Å². The van der Waals surface area contributed by atoms with Crippen LogP contribution in [-0.2, 0) is 0 Å². The van der Waals surface area contributed by atoms with Gasteiger partial charge in [0, 0.05) is 9.74 Å². The van der Waals surface area contributed by atoms with Gasteiger partial charge in [0.25, 0.3) is 0 Å². The fourth-order valence-electron chi connectivity index (χ4n) is 0.794. The molecule has 1 aromatic heterocycles. The second-order valence-corrected chi connectivity index (χ2v) is 3.63. The lowest BCUT2D eigenvalue weighted by Crippen LogP contribution is -1.73. The van der Waals surface area contributed by atoms with Gasteiger partial charge in [0.05, 0.1) is 4.47 Å². The zero-order valence-corrected chi connectivity index (χ0v) is 8.39. The van der Waals surface area contributed by atoms with E-state index in [0.29, 0.717) is 5.58 Å². The normalized spacial score (nSPS) is 10.7. The van der Waals surface area contributed by atoms with Gasteiger partial charge in [0.2, 0.25) is 0 Å². The van der Waals surface area contributed by atoms with E-state index in [1.165, 1.54) is 0 Å². The van der Waals surface area contributed by atoms with Crippen molar-refractivity contribution in [1.29, 1.82) is 0 Å². The lowest BCUT2D eigenvalue weighted by molar-refractivity contribution is 0.424. The first kappa shape index (κ1) is 7.24. The predicted octanol–water partition coefficient (Wildman–Crippen LogP) is 2.75. The van der Waals surface area contributed by atoms with E-state index in [1.54, 1.807) is 0 Å². The van der Waals surface area contributed by atoms with E-state index in [1.807, 2.05) is 12.1 Å². The number of halogens is 2. The Bertz CT molecular complexity index is 398.